The molecule has 17 heavy (non-hydrogen) atoms. The molecule has 1 aromatic rings. The molecule has 0 bridgehead atoms. The maximum atomic E-state index is 10.9. The van der Waals surface area contributed by atoms with Crippen molar-refractivity contribution in [3.05, 3.63) is 23.8 Å². The summed E-state index contributed by atoms with van der Waals surface area (Å²) in [6, 6.07) is 5.14. The Bertz CT molecular complexity index is 434. The average molecular weight is 236 g/mol. The number of carboxylic acid groups (broad SMARTS) is 1. The Hall–Kier alpha value is -1.91. The molecule has 1 amide bonds. The van der Waals surface area contributed by atoms with Crippen molar-refractivity contribution in [3.8, 4) is 5.75 Å². The number of phenolic OH excluding ortho intramolecular Hbond substituents is 1. The molecule has 1 aromatic carbocycles. The number of nitrogens with zero attached hydrogens (tertiary/aromatic N) is 1. The first-order valence-corrected chi connectivity index (χ1v) is 5.64. The maximum absolute atomic E-state index is 10.9. The van der Waals surface area contributed by atoms with Crippen molar-refractivity contribution in [2.24, 2.45) is 0 Å². The zero-order chi connectivity index (χ0) is 12.4. The third-order valence-corrected chi connectivity index (χ3v) is 3.22. The molecule has 5 nitrogen and oxygen atoms in total. The van der Waals surface area contributed by atoms with E-state index in [4.69, 9.17) is 10.8 Å². The van der Waals surface area contributed by atoms with Gasteiger partial charge in [-0.05, 0) is 30.5 Å². The minimum absolute atomic E-state index is 0.0648. The highest BCUT2D eigenvalue weighted by molar-refractivity contribution is 5.65. The summed E-state index contributed by atoms with van der Waals surface area (Å²) in [5.41, 5.74) is 6.83. The summed E-state index contributed by atoms with van der Waals surface area (Å²) < 4.78 is 0. The van der Waals surface area contributed by atoms with Gasteiger partial charge in [0.1, 0.15) is 5.75 Å². The van der Waals surface area contributed by atoms with Gasteiger partial charge in [0.2, 0.25) is 0 Å². The Morgan fingerprint density at radius 3 is 2.88 bits per heavy atom. The summed E-state index contributed by atoms with van der Waals surface area (Å²) in [6.45, 7) is 1.07. The third kappa shape index (κ3) is 2.43. The van der Waals surface area contributed by atoms with E-state index in [2.05, 4.69) is 0 Å². The van der Waals surface area contributed by atoms with Gasteiger partial charge in [-0.15, -0.1) is 0 Å². The second-order valence-electron chi connectivity index (χ2n) is 4.39. The molecule has 0 aliphatic carbocycles. The Morgan fingerprint density at radius 1 is 1.47 bits per heavy atom. The van der Waals surface area contributed by atoms with E-state index in [9.17, 15) is 9.90 Å². The highest BCUT2D eigenvalue weighted by atomic mass is 16.4. The molecular weight excluding hydrogens is 220 g/mol. The van der Waals surface area contributed by atoms with Crippen LogP contribution in [0.4, 0.5) is 10.5 Å². The van der Waals surface area contributed by atoms with Gasteiger partial charge in [0.25, 0.3) is 0 Å². The molecular formula is C12H16N2O3. The molecule has 0 radical (unpaired) electrons. The highest BCUT2D eigenvalue weighted by Gasteiger charge is 2.24. The maximum Gasteiger partial charge on any atom is 0.407 e. The van der Waals surface area contributed by atoms with Crippen LogP contribution in [0.2, 0.25) is 0 Å². The summed E-state index contributed by atoms with van der Waals surface area (Å²) >= 11 is 0. The zero-order valence-corrected chi connectivity index (χ0v) is 9.47. The van der Waals surface area contributed by atoms with Crippen LogP contribution in [0.15, 0.2) is 18.2 Å². The number of piperidine rings is 1. The summed E-state index contributed by atoms with van der Waals surface area (Å²) in [4.78, 5) is 12.3. The molecule has 5 heteroatoms. The molecule has 1 fully saturated rings. The van der Waals surface area contributed by atoms with Gasteiger partial charge < -0.3 is 20.8 Å². The lowest BCUT2D eigenvalue weighted by atomic mass is 9.90. The number of benzene rings is 1. The number of phenols is 1. The highest BCUT2D eigenvalue weighted by Crippen LogP contribution is 2.31. The fourth-order valence-corrected chi connectivity index (χ4v) is 2.24. The Kier molecular flexibility index (Phi) is 3.08. The van der Waals surface area contributed by atoms with Crippen LogP contribution in [0, 0.1) is 0 Å². The van der Waals surface area contributed by atoms with Crippen molar-refractivity contribution in [3.63, 3.8) is 0 Å². The second kappa shape index (κ2) is 4.53. The smallest absolute Gasteiger partial charge is 0.407 e. The van der Waals surface area contributed by atoms with Crippen molar-refractivity contribution in [1.29, 1.82) is 0 Å². The quantitative estimate of drug-likeness (QED) is 0.513. The van der Waals surface area contributed by atoms with Crippen molar-refractivity contribution in [2.45, 2.75) is 18.8 Å². The Morgan fingerprint density at radius 2 is 2.24 bits per heavy atom. The molecule has 1 saturated heterocycles. The number of nitrogen functional groups attached to an aromatic ring is 1. The van der Waals surface area contributed by atoms with Crippen LogP contribution in [-0.2, 0) is 0 Å². The van der Waals surface area contributed by atoms with Gasteiger partial charge in [0, 0.05) is 19.0 Å². The van der Waals surface area contributed by atoms with E-state index in [-0.39, 0.29) is 11.7 Å². The van der Waals surface area contributed by atoms with E-state index in [1.54, 1.807) is 12.1 Å². The number of aromatic hydroxyl groups is 1. The average Bonchev–Trinajstić information content (AvgIpc) is 2.33. The monoisotopic (exact) mass is 236 g/mol. The van der Waals surface area contributed by atoms with Crippen molar-refractivity contribution in [1.82, 2.24) is 4.90 Å². The van der Waals surface area contributed by atoms with Gasteiger partial charge in [-0.25, -0.2) is 4.79 Å². The predicted octanol–water partition coefficient (Wildman–Crippen LogP) is 1.83. The third-order valence-electron chi connectivity index (χ3n) is 3.22. The lowest BCUT2D eigenvalue weighted by Gasteiger charge is -2.31. The van der Waals surface area contributed by atoms with Crippen LogP contribution in [0.3, 0.4) is 0 Å². The molecule has 0 saturated carbocycles. The minimum Gasteiger partial charge on any atom is -0.506 e. The number of hydrogen-bond acceptors (Lipinski definition) is 3. The summed E-state index contributed by atoms with van der Waals surface area (Å²) in [6.07, 6.45) is 0.907. The number of likely N-dealkylation sites (tertiary alicyclic amines) is 1. The number of rotatable bonds is 1. The van der Waals surface area contributed by atoms with Gasteiger partial charge in [-0.2, -0.15) is 0 Å². The van der Waals surface area contributed by atoms with Crippen LogP contribution < -0.4 is 5.73 Å². The number of carbonyl (C=O) groups is 1. The number of amides is 1. The SMILES string of the molecule is Nc1ccc(C2CCCN(C(=O)O)C2)cc1O. The first-order chi connectivity index (χ1) is 8.08. The van der Waals surface area contributed by atoms with Gasteiger partial charge in [-0.1, -0.05) is 6.07 Å². The number of hydrogen-bond donors (Lipinski definition) is 3. The molecule has 1 aliphatic heterocycles. The molecule has 1 aliphatic rings. The summed E-state index contributed by atoms with van der Waals surface area (Å²) in [5.74, 6) is 0.210. The van der Waals surface area contributed by atoms with Crippen LogP contribution >= 0.6 is 0 Å². The molecule has 1 heterocycles. The standard InChI is InChI=1S/C12H16N2O3/c13-10-4-3-8(6-11(10)15)9-2-1-5-14(7-9)12(16)17/h3-4,6,9,15H,1-2,5,7,13H2,(H,16,17). The largest absolute Gasteiger partial charge is 0.506 e. The summed E-state index contributed by atoms with van der Waals surface area (Å²) in [7, 11) is 0. The van der Waals surface area contributed by atoms with E-state index in [1.165, 1.54) is 4.90 Å². The lowest BCUT2D eigenvalue weighted by molar-refractivity contribution is 0.130. The van der Waals surface area contributed by atoms with Gasteiger partial charge >= 0.3 is 6.09 Å². The first-order valence-electron chi connectivity index (χ1n) is 5.64. The van der Waals surface area contributed by atoms with Crippen LogP contribution in [0.1, 0.15) is 24.3 Å². The molecule has 4 N–H and O–H groups in total. The molecule has 1 unspecified atom stereocenters. The predicted molar refractivity (Wildman–Crippen MR) is 64.1 cm³/mol. The Labute approximate surface area is 99.5 Å². The number of nitrogens with two attached hydrogens (primary N) is 1. The lowest BCUT2D eigenvalue weighted by Crippen LogP contribution is -2.38. The van der Waals surface area contributed by atoms with E-state index in [0.29, 0.717) is 18.8 Å². The Balaban J connectivity index is 2.16. The normalized spacial score (nSPS) is 20.2. The van der Waals surface area contributed by atoms with E-state index in [1.807, 2.05) is 6.07 Å². The summed E-state index contributed by atoms with van der Waals surface area (Å²) in [5, 5.41) is 18.5. The number of anilines is 1. The van der Waals surface area contributed by atoms with Crippen LogP contribution in [0.25, 0.3) is 0 Å². The zero-order valence-electron chi connectivity index (χ0n) is 9.47. The van der Waals surface area contributed by atoms with E-state index in [0.717, 1.165) is 18.4 Å². The fourth-order valence-electron chi connectivity index (χ4n) is 2.24. The fraction of sp³-hybridized carbons (Fsp3) is 0.417. The molecule has 92 valence electrons. The van der Waals surface area contributed by atoms with Crippen molar-refractivity contribution >= 4 is 11.8 Å². The van der Waals surface area contributed by atoms with Crippen LogP contribution in [0.5, 0.6) is 5.75 Å². The van der Waals surface area contributed by atoms with E-state index < -0.39 is 6.09 Å². The second-order valence-corrected chi connectivity index (χ2v) is 4.39. The molecule has 0 spiro atoms. The molecule has 2 rings (SSSR count). The van der Waals surface area contributed by atoms with Crippen molar-refractivity contribution in [2.75, 3.05) is 18.8 Å². The van der Waals surface area contributed by atoms with Gasteiger partial charge in [0.15, 0.2) is 0 Å². The first kappa shape index (κ1) is 11.6. The topological polar surface area (TPSA) is 86.8 Å². The minimum atomic E-state index is -0.880. The van der Waals surface area contributed by atoms with Gasteiger partial charge in [-0.3, -0.25) is 0 Å². The van der Waals surface area contributed by atoms with Crippen LogP contribution in [-0.4, -0.2) is 34.3 Å². The molecule has 0 aromatic heterocycles. The van der Waals surface area contributed by atoms with Gasteiger partial charge in [0.05, 0.1) is 5.69 Å². The van der Waals surface area contributed by atoms with Crippen molar-refractivity contribution < 1.29 is 15.0 Å². The molecule has 1 atom stereocenters. The van der Waals surface area contributed by atoms with E-state index >= 15 is 0 Å².